The molecule has 0 aliphatic rings. The molecule has 5 nitrogen and oxygen atoms in total. The Labute approximate surface area is 126 Å². The van der Waals surface area contributed by atoms with E-state index in [1.54, 1.807) is 18.5 Å². The molecular weight excluding hydrogens is 276 g/mol. The number of amides is 1. The Morgan fingerprint density at radius 3 is 2.77 bits per heavy atom. The molecule has 0 atom stereocenters. The molecule has 4 aromatic rings. The van der Waals surface area contributed by atoms with Crippen LogP contribution in [0.25, 0.3) is 21.8 Å². The van der Waals surface area contributed by atoms with Crippen molar-refractivity contribution in [2.45, 2.75) is 0 Å². The molecule has 0 aliphatic heterocycles. The first-order valence-corrected chi connectivity index (χ1v) is 6.90. The number of hydrogen-bond donors (Lipinski definition) is 2. The van der Waals surface area contributed by atoms with Crippen LogP contribution in [0, 0.1) is 0 Å². The van der Waals surface area contributed by atoms with Crippen LogP contribution in [0.5, 0.6) is 0 Å². The summed E-state index contributed by atoms with van der Waals surface area (Å²) < 4.78 is 0. The minimum absolute atomic E-state index is 0.187. The second kappa shape index (κ2) is 4.96. The van der Waals surface area contributed by atoms with E-state index in [-0.39, 0.29) is 5.91 Å². The summed E-state index contributed by atoms with van der Waals surface area (Å²) in [7, 11) is 0. The van der Waals surface area contributed by atoms with E-state index in [2.05, 4.69) is 20.5 Å². The number of anilines is 1. The highest BCUT2D eigenvalue weighted by atomic mass is 16.1. The number of nitrogens with zero attached hydrogens (tertiary/aromatic N) is 2. The van der Waals surface area contributed by atoms with E-state index >= 15 is 0 Å². The van der Waals surface area contributed by atoms with E-state index in [0.717, 1.165) is 21.8 Å². The van der Waals surface area contributed by atoms with Crippen molar-refractivity contribution < 1.29 is 4.79 Å². The molecule has 2 aromatic heterocycles. The fourth-order valence-corrected chi connectivity index (χ4v) is 2.55. The second-order valence-electron chi connectivity index (χ2n) is 4.97. The number of rotatable bonds is 2. The molecule has 0 bridgehead atoms. The van der Waals surface area contributed by atoms with Crippen LogP contribution in [0.15, 0.2) is 60.9 Å². The van der Waals surface area contributed by atoms with Crippen LogP contribution < -0.4 is 5.32 Å². The SMILES string of the molecule is O=C(Nc1cccc2cccnc12)c1cccc2cn[nH]c12. The Hall–Kier alpha value is -3.21. The van der Waals surface area contributed by atoms with Crippen LogP contribution in [0.4, 0.5) is 5.69 Å². The molecule has 5 heteroatoms. The minimum atomic E-state index is -0.187. The number of benzene rings is 2. The second-order valence-corrected chi connectivity index (χ2v) is 4.97. The molecule has 0 spiro atoms. The third-order valence-electron chi connectivity index (χ3n) is 3.60. The van der Waals surface area contributed by atoms with Crippen molar-refractivity contribution in [2.75, 3.05) is 5.32 Å². The van der Waals surface area contributed by atoms with Crippen molar-refractivity contribution in [1.82, 2.24) is 15.2 Å². The molecule has 1 amide bonds. The zero-order valence-electron chi connectivity index (χ0n) is 11.6. The smallest absolute Gasteiger partial charge is 0.257 e. The molecule has 2 heterocycles. The first kappa shape index (κ1) is 12.5. The fourth-order valence-electron chi connectivity index (χ4n) is 2.55. The van der Waals surface area contributed by atoms with Crippen molar-refractivity contribution >= 4 is 33.4 Å². The van der Waals surface area contributed by atoms with E-state index < -0.39 is 0 Å². The summed E-state index contributed by atoms with van der Waals surface area (Å²) in [5, 5.41) is 11.7. The number of carbonyl (C=O) groups is 1. The van der Waals surface area contributed by atoms with Crippen LogP contribution in [0.1, 0.15) is 10.4 Å². The molecule has 0 saturated carbocycles. The first-order chi connectivity index (χ1) is 10.8. The van der Waals surface area contributed by atoms with Crippen LogP contribution in [-0.2, 0) is 0 Å². The standard InChI is InChI=1S/C17H12N4O/c22-17(13-7-1-5-12-10-19-21-15(12)13)20-14-8-2-4-11-6-3-9-18-16(11)14/h1-10H,(H,19,21)(H,20,22). The van der Waals surface area contributed by atoms with Crippen LogP contribution in [0.3, 0.4) is 0 Å². The lowest BCUT2D eigenvalue weighted by Gasteiger charge is -2.08. The van der Waals surface area contributed by atoms with Gasteiger partial charge in [0.05, 0.1) is 28.5 Å². The number of hydrogen-bond acceptors (Lipinski definition) is 3. The number of pyridine rings is 1. The van der Waals surface area contributed by atoms with Gasteiger partial charge in [-0.3, -0.25) is 14.9 Å². The minimum Gasteiger partial charge on any atom is -0.320 e. The zero-order chi connectivity index (χ0) is 14.9. The largest absolute Gasteiger partial charge is 0.320 e. The summed E-state index contributed by atoms with van der Waals surface area (Å²) in [5.41, 5.74) is 2.76. The number of aromatic nitrogens is 3. The quantitative estimate of drug-likeness (QED) is 0.594. The molecule has 2 aromatic carbocycles. The van der Waals surface area contributed by atoms with E-state index in [1.165, 1.54) is 0 Å². The number of H-pyrrole nitrogens is 1. The van der Waals surface area contributed by atoms with Crippen LogP contribution >= 0.6 is 0 Å². The van der Waals surface area contributed by atoms with E-state index in [0.29, 0.717) is 11.3 Å². The van der Waals surface area contributed by atoms with Gasteiger partial charge in [0, 0.05) is 17.0 Å². The zero-order valence-corrected chi connectivity index (χ0v) is 11.6. The highest BCUT2D eigenvalue weighted by Crippen LogP contribution is 2.22. The number of fused-ring (bicyclic) bond motifs is 2. The van der Waals surface area contributed by atoms with Gasteiger partial charge in [-0.05, 0) is 18.2 Å². The maximum absolute atomic E-state index is 12.6. The third kappa shape index (κ3) is 2.00. The van der Waals surface area contributed by atoms with Gasteiger partial charge in [0.1, 0.15) is 0 Å². The van der Waals surface area contributed by atoms with Crippen LogP contribution in [0.2, 0.25) is 0 Å². The summed E-state index contributed by atoms with van der Waals surface area (Å²) in [6, 6.07) is 15.1. The summed E-state index contributed by atoms with van der Waals surface area (Å²) in [6.45, 7) is 0. The number of nitrogens with one attached hydrogen (secondary N) is 2. The normalized spacial score (nSPS) is 10.9. The van der Waals surface area contributed by atoms with Gasteiger partial charge in [-0.1, -0.05) is 30.3 Å². The maximum atomic E-state index is 12.6. The van der Waals surface area contributed by atoms with Crippen molar-refractivity contribution in [3.8, 4) is 0 Å². The molecule has 106 valence electrons. The Morgan fingerprint density at radius 2 is 1.82 bits per heavy atom. The monoisotopic (exact) mass is 288 g/mol. The van der Waals surface area contributed by atoms with Gasteiger partial charge in [0.2, 0.25) is 0 Å². The Morgan fingerprint density at radius 1 is 1.00 bits per heavy atom. The summed E-state index contributed by atoms with van der Waals surface area (Å²) >= 11 is 0. The number of para-hydroxylation sites is 2. The Kier molecular flexibility index (Phi) is 2.83. The molecule has 2 N–H and O–H groups in total. The molecule has 22 heavy (non-hydrogen) atoms. The van der Waals surface area contributed by atoms with Gasteiger partial charge in [0.15, 0.2) is 0 Å². The molecule has 0 aliphatic carbocycles. The van der Waals surface area contributed by atoms with Crippen molar-refractivity contribution in [3.05, 3.63) is 66.5 Å². The molecular formula is C17H12N4O. The molecule has 0 saturated heterocycles. The lowest BCUT2D eigenvalue weighted by atomic mass is 10.1. The Balaban J connectivity index is 1.76. The number of carbonyl (C=O) groups excluding carboxylic acids is 1. The van der Waals surface area contributed by atoms with Crippen molar-refractivity contribution in [3.63, 3.8) is 0 Å². The maximum Gasteiger partial charge on any atom is 0.257 e. The van der Waals surface area contributed by atoms with Gasteiger partial charge in [-0.15, -0.1) is 0 Å². The van der Waals surface area contributed by atoms with Crippen molar-refractivity contribution in [1.29, 1.82) is 0 Å². The lowest BCUT2D eigenvalue weighted by molar-refractivity contribution is 0.102. The fraction of sp³-hybridized carbons (Fsp3) is 0. The first-order valence-electron chi connectivity index (χ1n) is 6.90. The summed E-state index contributed by atoms with van der Waals surface area (Å²) in [4.78, 5) is 16.9. The van der Waals surface area contributed by atoms with Gasteiger partial charge in [-0.25, -0.2) is 0 Å². The third-order valence-corrected chi connectivity index (χ3v) is 3.60. The molecule has 4 rings (SSSR count). The summed E-state index contributed by atoms with van der Waals surface area (Å²) in [6.07, 6.45) is 3.42. The van der Waals surface area contributed by atoms with E-state index in [9.17, 15) is 4.79 Å². The highest BCUT2D eigenvalue weighted by molar-refractivity contribution is 6.13. The van der Waals surface area contributed by atoms with E-state index in [1.807, 2.05) is 42.5 Å². The lowest BCUT2D eigenvalue weighted by Crippen LogP contribution is -2.13. The summed E-state index contributed by atoms with van der Waals surface area (Å²) in [5.74, 6) is -0.187. The van der Waals surface area contributed by atoms with Gasteiger partial charge < -0.3 is 5.32 Å². The predicted molar refractivity (Wildman–Crippen MR) is 85.8 cm³/mol. The Bertz CT molecular complexity index is 985. The van der Waals surface area contributed by atoms with Gasteiger partial charge >= 0.3 is 0 Å². The highest BCUT2D eigenvalue weighted by Gasteiger charge is 2.13. The molecule has 0 fully saturated rings. The topological polar surface area (TPSA) is 70.7 Å². The van der Waals surface area contributed by atoms with Gasteiger partial charge in [-0.2, -0.15) is 5.10 Å². The molecule has 0 unspecified atom stereocenters. The van der Waals surface area contributed by atoms with E-state index in [4.69, 9.17) is 0 Å². The van der Waals surface area contributed by atoms with Crippen molar-refractivity contribution in [2.24, 2.45) is 0 Å². The average molecular weight is 288 g/mol. The van der Waals surface area contributed by atoms with Gasteiger partial charge in [0.25, 0.3) is 5.91 Å². The number of aromatic amines is 1. The van der Waals surface area contributed by atoms with Crippen LogP contribution in [-0.4, -0.2) is 21.1 Å². The molecule has 0 radical (unpaired) electrons. The predicted octanol–water partition coefficient (Wildman–Crippen LogP) is 3.36. The average Bonchev–Trinajstić information content (AvgIpc) is 3.03.